The predicted octanol–water partition coefficient (Wildman–Crippen LogP) is 3.18. The number of halogens is 3. The molecule has 1 fully saturated rings. The first kappa shape index (κ1) is 20.0. The van der Waals surface area contributed by atoms with Crippen molar-refractivity contribution in [2.24, 2.45) is 5.92 Å². The zero-order valence-electron chi connectivity index (χ0n) is 12.4. The van der Waals surface area contributed by atoms with Crippen LogP contribution in [0.5, 0.6) is 0 Å². The second-order valence-corrected chi connectivity index (χ2v) is 8.30. The summed E-state index contributed by atoms with van der Waals surface area (Å²) in [7, 11) is -1.44. The molecule has 4 nitrogen and oxygen atoms in total. The summed E-state index contributed by atoms with van der Waals surface area (Å²) in [6, 6.07) is 4.91. The average Bonchev–Trinajstić information content (AvgIpc) is 2.37. The molecule has 1 N–H and O–H groups in total. The molecule has 1 aliphatic heterocycles. The maximum atomic E-state index is 12.5. The summed E-state index contributed by atoms with van der Waals surface area (Å²) in [5, 5.41) is 4.03. The van der Waals surface area contributed by atoms with Crippen LogP contribution in [0.15, 0.2) is 18.2 Å². The highest BCUT2D eigenvalue weighted by atomic mass is 35.5. The number of hydrogen-bond donors (Lipinski definition) is 1. The van der Waals surface area contributed by atoms with Gasteiger partial charge in [0, 0.05) is 23.1 Å². The fraction of sp³-hybridized carbons (Fsp3) is 0.571. The van der Waals surface area contributed by atoms with E-state index < -0.39 is 10.0 Å². The molecule has 1 heterocycles. The fourth-order valence-electron chi connectivity index (χ4n) is 2.73. The Morgan fingerprint density at radius 3 is 2.50 bits per heavy atom. The molecule has 0 spiro atoms. The van der Waals surface area contributed by atoms with E-state index in [1.807, 2.05) is 7.05 Å². The third-order valence-corrected chi connectivity index (χ3v) is 5.89. The van der Waals surface area contributed by atoms with Gasteiger partial charge in [0.2, 0.25) is 10.0 Å². The topological polar surface area (TPSA) is 49.4 Å². The van der Waals surface area contributed by atoms with Crippen molar-refractivity contribution < 1.29 is 8.42 Å². The molecular formula is C14H21Cl3N2O2S. The van der Waals surface area contributed by atoms with E-state index in [9.17, 15) is 8.42 Å². The normalized spacial score (nSPS) is 19.7. The minimum atomic E-state index is -3.33. The quantitative estimate of drug-likeness (QED) is 0.844. The van der Waals surface area contributed by atoms with Gasteiger partial charge in [-0.3, -0.25) is 0 Å². The molecule has 1 unspecified atom stereocenters. The molecule has 8 heteroatoms. The number of hydrogen-bond acceptors (Lipinski definition) is 3. The maximum Gasteiger partial charge on any atom is 0.218 e. The van der Waals surface area contributed by atoms with E-state index in [0.717, 1.165) is 19.4 Å². The van der Waals surface area contributed by atoms with Gasteiger partial charge in [0.25, 0.3) is 0 Å². The van der Waals surface area contributed by atoms with Crippen molar-refractivity contribution in [1.82, 2.24) is 9.62 Å². The number of rotatable bonds is 5. The van der Waals surface area contributed by atoms with E-state index in [-0.39, 0.29) is 18.2 Å². The molecule has 0 bridgehead atoms. The average molecular weight is 388 g/mol. The van der Waals surface area contributed by atoms with Gasteiger partial charge >= 0.3 is 0 Å². The van der Waals surface area contributed by atoms with Gasteiger partial charge in [0.1, 0.15) is 0 Å². The lowest BCUT2D eigenvalue weighted by Crippen LogP contribution is -2.42. The Bertz CT molecular complexity index is 574. The molecule has 0 aliphatic carbocycles. The highest BCUT2D eigenvalue weighted by Crippen LogP contribution is 2.24. The highest BCUT2D eigenvalue weighted by molar-refractivity contribution is 7.88. The number of sulfonamides is 1. The van der Waals surface area contributed by atoms with Gasteiger partial charge in [-0.05, 0) is 56.1 Å². The van der Waals surface area contributed by atoms with Crippen molar-refractivity contribution in [3.05, 3.63) is 33.8 Å². The van der Waals surface area contributed by atoms with E-state index in [4.69, 9.17) is 23.2 Å². The first-order valence-electron chi connectivity index (χ1n) is 6.98. The Labute approximate surface area is 148 Å². The minimum Gasteiger partial charge on any atom is -0.319 e. The van der Waals surface area contributed by atoms with E-state index in [0.29, 0.717) is 34.6 Å². The van der Waals surface area contributed by atoms with E-state index in [1.165, 1.54) is 0 Å². The molecule has 1 saturated heterocycles. The SMILES string of the molecule is CNCC1CCCN(S(=O)(=O)Cc2cc(Cl)cc(Cl)c2)C1.Cl. The molecule has 0 saturated carbocycles. The van der Waals surface area contributed by atoms with Crippen LogP contribution in [-0.4, -0.2) is 39.4 Å². The second-order valence-electron chi connectivity index (χ2n) is 5.46. The van der Waals surface area contributed by atoms with Crippen molar-refractivity contribution in [3.63, 3.8) is 0 Å². The zero-order chi connectivity index (χ0) is 15.5. The molecule has 1 aromatic rings. The standard InChI is InChI=1S/C14H20Cl2N2O2S.ClH/c1-17-8-11-3-2-4-18(9-11)21(19,20)10-12-5-13(15)7-14(16)6-12;/h5-7,11,17H,2-4,8-10H2,1H3;1H. The molecule has 22 heavy (non-hydrogen) atoms. The van der Waals surface area contributed by atoms with Crippen LogP contribution in [0.4, 0.5) is 0 Å². The van der Waals surface area contributed by atoms with Crippen molar-refractivity contribution in [2.75, 3.05) is 26.7 Å². The monoisotopic (exact) mass is 386 g/mol. The van der Waals surface area contributed by atoms with Crippen LogP contribution in [0.2, 0.25) is 10.0 Å². The minimum absolute atomic E-state index is 0. The van der Waals surface area contributed by atoms with Gasteiger partial charge in [-0.25, -0.2) is 12.7 Å². The summed E-state index contributed by atoms with van der Waals surface area (Å²) in [5.74, 6) is 0.320. The van der Waals surface area contributed by atoms with Crippen LogP contribution < -0.4 is 5.32 Å². The van der Waals surface area contributed by atoms with E-state index in [2.05, 4.69) is 5.32 Å². The summed E-state index contributed by atoms with van der Waals surface area (Å²) in [5.41, 5.74) is 0.628. The first-order chi connectivity index (χ1) is 9.90. The molecule has 0 amide bonds. The molecule has 0 aromatic heterocycles. The lowest BCUT2D eigenvalue weighted by Gasteiger charge is -2.31. The van der Waals surface area contributed by atoms with Gasteiger partial charge in [-0.1, -0.05) is 23.2 Å². The van der Waals surface area contributed by atoms with Gasteiger partial charge in [-0.15, -0.1) is 12.4 Å². The second kappa shape index (κ2) is 8.71. The summed E-state index contributed by atoms with van der Waals surface area (Å²) in [6.07, 6.45) is 1.97. The van der Waals surface area contributed by atoms with Gasteiger partial charge < -0.3 is 5.32 Å². The summed E-state index contributed by atoms with van der Waals surface area (Å²) in [4.78, 5) is 0. The van der Waals surface area contributed by atoms with Gasteiger partial charge in [0.15, 0.2) is 0 Å². The van der Waals surface area contributed by atoms with Crippen molar-refractivity contribution in [2.45, 2.75) is 18.6 Å². The number of benzene rings is 1. The van der Waals surface area contributed by atoms with Crippen LogP contribution in [-0.2, 0) is 15.8 Å². The number of piperidine rings is 1. The third kappa shape index (κ3) is 5.55. The lowest BCUT2D eigenvalue weighted by molar-refractivity contribution is 0.263. The Hall–Kier alpha value is -0.0400. The van der Waals surface area contributed by atoms with E-state index >= 15 is 0 Å². The Balaban J connectivity index is 0.00000242. The number of nitrogens with zero attached hydrogens (tertiary/aromatic N) is 1. The third-order valence-electron chi connectivity index (χ3n) is 3.64. The zero-order valence-corrected chi connectivity index (χ0v) is 15.5. The van der Waals surface area contributed by atoms with Crippen LogP contribution in [0.3, 0.4) is 0 Å². The Morgan fingerprint density at radius 2 is 1.91 bits per heavy atom. The summed E-state index contributed by atoms with van der Waals surface area (Å²) in [6.45, 7) is 2.02. The van der Waals surface area contributed by atoms with Crippen LogP contribution >= 0.6 is 35.6 Å². The fourth-order valence-corrected chi connectivity index (χ4v) is 4.92. The van der Waals surface area contributed by atoms with E-state index in [1.54, 1.807) is 22.5 Å². The van der Waals surface area contributed by atoms with Crippen molar-refractivity contribution >= 4 is 45.6 Å². The van der Waals surface area contributed by atoms with Gasteiger partial charge in [-0.2, -0.15) is 0 Å². The largest absolute Gasteiger partial charge is 0.319 e. The lowest BCUT2D eigenvalue weighted by atomic mass is 10.00. The van der Waals surface area contributed by atoms with Crippen LogP contribution in [0, 0.1) is 5.92 Å². The molecule has 2 rings (SSSR count). The van der Waals surface area contributed by atoms with Crippen molar-refractivity contribution in [3.8, 4) is 0 Å². The molecule has 1 aromatic carbocycles. The Morgan fingerprint density at radius 1 is 1.27 bits per heavy atom. The molecule has 126 valence electrons. The van der Waals surface area contributed by atoms with Crippen LogP contribution in [0.25, 0.3) is 0 Å². The predicted molar refractivity (Wildman–Crippen MR) is 94.6 cm³/mol. The maximum absolute atomic E-state index is 12.5. The molecule has 1 atom stereocenters. The first-order valence-corrected chi connectivity index (χ1v) is 9.34. The number of nitrogens with one attached hydrogen (secondary N) is 1. The summed E-state index contributed by atoms with van der Waals surface area (Å²) >= 11 is 11.9. The molecular weight excluding hydrogens is 367 g/mol. The Kier molecular flexibility index (Phi) is 7.92. The molecule has 0 radical (unpaired) electrons. The smallest absolute Gasteiger partial charge is 0.218 e. The van der Waals surface area contributed by atoms with Crippen LogP contribution in [0.1, 0.15) is 18.4 Å². The summed E-state index contributed by atoms with van der Waals surface area (Å²) < 4.78 is 26.7. The molecule has 1 aliphatic rings. The highest BCUT2D eigenvalue weighted by Gasteiger charge is 2.28. The van der Waals surface area contributed by atoms with Crippen molar-refractivity contribution in [1.29, 1.82) is 0 Å². The van der Waals surface area contributed by atoms with Gasteiger partial charge in [0.05, 0.1) is 5.75 Å².